The molecule has 174 valence electrons. The summed E-state index contributed by atoms with van der Waals surface area (Å²) in [5, 5.41) is 0. The van der Waals surface area contributed by atoms with Gasteiger partial charge < -0.3 is 14.1 Å². The van der Waals surface area contributed by atoms with E-state index in [-0.39, 0.29) is 0 Å². The Morgan fingerprint density at radius 3 is 1.94 bits per heavy atom. The van der Waals surface area contributed by atoms with Crippen molar-refractivity contribution >= 4 is 61.7 Å². The van der Waals surface area contributed by atoms with Gasteiger partial charge in [0.2, 0.25) is 6.41 Å². The van der Waals surface area contributed by atoms with Crippen LogP contribution in [0.5, 0.6) is 0 Å². The highest BCUT2D eigenvalue weighted by atomic mass is 79.9. The van der Waals surface area contributed by atoms with E-state index in [1.54, 1.807) is 11.9 Å². The van der Waals surface area contributed by atoms with E-state index in [1.165, 1.54) is 0 Å². The first kappa shape index (κ1) is 25.1. The number of hydrogen-bond acceptors (Lipinski definition) is 4. The third-order valence-electron chi connectivity index (χ3n) is 5.41. The molecule has 0 saturated carbocycles. The Morgan fingerprint density at radius 2 is 1.42 bits per heavy atom. The van der Waals surface area contributed by atoms with Gasteiger partial charge in [-0.3, -0.25) is 9.20 Å². The molecule has 4 aromatic heterocycles. The molecule has 4 rings (SSSR count). The van der Waals surface area contributed by atoms with Crippen LogP contribution < -0.4 is 4.90 Å². The Morgan fingerprint density at radius 1 is 0.909 bits per heavy atom. The van der Waals surface area contributed by atoms with Gasteiger partial charge in [-0.1, -0.05) is 13.8 Å². The van der Waals surface area contributed by atoms with Gasteiger partial charge in [-0.2, -0.15) is 0 Å². The Labute approximate surface area is 210 Å². The zero-order valence-corrected chi connectivity index (χ0v) is 22.6. The fourth-order valence-corrected chi connectivity index (χ4v) is 5.00. The highest BCUT2D eigenvalue weighted by molar-refractivity contribution is 9.10. The van der Waals surface area contributed by atoms with E-state index < -0.39 is 0 Å². The molecule has 0 saturated heterocycles. The monoisotopic (exact) mass is 575 g/mol. The van der Waals surface area contributed by atoms with Crippen LogP contribution in [0.4, 0.5) is 5.82 Å². The number of pyridine rings is 2. The number of aldehydes is 1. The van der Waals surface area contributed by atoms with E-state index in [9.17, 15) is 9.59 Å². The van der Waals surface area contributed by atoms with Gasteiger partial charge in [-0.15, -0.1) is 0 Å². The largest absolute Gasteiger partial charge is 0.303 e. The van der Waals surface area contributed by atoms with Crippen molar-refractivity contribution in [1.82, 2.24) is 18.8 Å². The third kappa shape index (κ3) is 5.04. The van der Waals surface area contributed by atoms with Crippen LogP contribution in [0.15, 0.2) is 33.5 Å². The minimum absolute atomic E-state index is 0.417. The third-order valence-corrected chi connectivity index (χ3v) is 6.27. The Bertz CT molecular complexity index is 1330. The molecular weight excluding hydrogens is 550 g/mol. The number of hydrogen-bond donors (Lipinski definition) is 0. The Balaban J connectivity index is 0.000000186. The van der Waals surface area contributed by atoms with E-state index in [0.29, 0.717) is 6.42 Å². The summed E-state index contributed by atoms with van der Waals surface area (Å²) in [6.07, 6.45) is 7.70. The van der Waals surface area contributed by atoms with Gasteiger partial charge >= 0.3 is 0 Å². The first-order valence-corrected chi connectivity index (χ1v) is 12.3. The van der Waals surface area contributed by atoms with Gasteiger partial charge in [0.1, 0.15) is 23.4 Å². The quantitative estimate of drug-likeness (QED) is 0.293. The van der Waals surface area contributed by atoms with Crippen LogP contribution in [0.1, 0.15) is 42.1 Å². The first-order chi connectivity index (χ1) is 15.7. The van der Waals surface area contributed by atoms with Crippen LogP contribution in [-0.2, 0) is 28.9 Å². The summed E-state index contributed by atoms with van der Waals surface area (Å²) in [6, 6.07) is 4.05. The predicted octanol–water partition coefficient (Wildman–Crippen LogP) is 5.27. The van der Waals surface area contributed by atoms with Gasteiger partial charge in [0.05, 0.1) is 17.1 Å². The number of rotatable bonds is 6. The summed E-state index contributed by atoms with van der Waals surface area (Å²) >= 11 is 6.93. The summed E-state index contributed by atoms with van der Waals surface area (Å²) in [5.74, 6) is 0.835. The van der Waals surface area contributed by atoms with Crippen LogP contribution in [0.25, 0.3) is 11.3 Å². The number of carbonyl (C=O) groups is 2. The average Bonchev–Trinajstić information content (AvgIpc) is 3.32. The summed E-state index contributed by atoms with van der Waals surface area (Å²) in [7, 11) is 1.74. The molecule has 7 nitrogen and oxygen atoms in total. The molecule has 1 amide bonds. The molecule has 4 aromatic rings. The van der Waals surface area contributed by atoms with Crippen LogP contribution in [0.2, 0.25) is 0 Å². The fraction of sp³-hybridized carbons (Fsp3) is 0.333. The highest BCUT2D eigenvalue weighted by Gasteiger charge is 2.16. The molecule has 0 unspecified atom stereocenters. The number of anilines is 1. The molecule has 0 aliphatic carbocycles. The lowest BCUT2D eigenvalue weighted by atomic mass is 10.2. The van der Waals surface area contributed by atoms with Crippen LogP contribution in [0, 0.1) is 13.8 Å². The molecule has 33 heavy (non-hydrogen) atoms. The minimum Gasteiger partial charge on any atom is -0.303 e. The van der Waals surface area contributed by atoms with E-state index in [0.717, 1.165) is 79.8 Å². The topological polar surface area (TPSA) is 72.0 Å². The summed E-state index contributed by atoms with van der Waals surface area (Å²) < 4.78 is 5.94. The maximum atomic E-state index is 11.0. The maximum Gasteiger partial charge on any atom is 0.215 e. The minimum atomic E-state index is 0.417. The molecule has 9 heteroatoms. The molecule has 0 spiro atoms. The van der Waals surface area contributed by atoms with Crippen LogP contribution >= 0.6 is 31.9 Å². The fourth-order valence-electron chi connectivity index (χ4n) is 3.90. The molecule has 0 aromatic carbocycles. The lowest BCUT2D eigenvalue weighted by Gasteiger charge is -2.12. The molecule has 0 N–H and O–H groups in total. The second kappa shape index (κ2) is 10.6. The molecule has 0 radical (unpaired) electrons. The highest BCUT2D eigenvalue weighted by Crippen LogP contribution is 2.26. The Kier molecular flexibility index (Phi) is 8.07. The zero-order valence-electron chi connectivity index (χ0n) is 19.4. The predicted molar refractivity (Wildman–Crippen MR) is 138 cm³/mol. The van der Waals surface area contributed by atoms with E-state index in [1.807, 2.05) is 54.1 Å². The normalized spacial score (nSPS) is 10.9. The van der Waals surface area contributed by atoms with Crippen LogP contribution in [0.3, 0.4) is 0 Å². The van der Waals surface area contributed by atoms with Crippen molar-refractivity contribution in [3.05, 3.63) is 61.7 Å². The van der Waals surface area contributed by atoms with Crippen molar-refractivity contribution in [2.75, 3.05) is 11.9 Å². The average molecular weight is 577 g/mol. The number of imidazole rings is 2. The number of amides is 1. The van der Waals surface area contributed by atoms with Crippen molar-refractivity contribution < 1.29 is 9.59 Å². The zero-order chi connectivity index (χ0) is 24.3. The summed E-state index contributed by atoms with van der Waals surface area (Å²) in [4.78, 5) is 32.4. The standard InChI is InChI=1S/C12H14BrN3O.C12H13BrN2O/c1-4-10-12(15(3)7-17)16-6-9(13)5-8(2)11(16)14-10;1-3-10-11(4-5-16)15-7-9(13)6-8(2)12(15)14-10/h5-7H,4H2,1-3H3;5-7H,3-4H2,1-2H3. The molecular formula is C24H27Br2N5O2. The van der Waals surface area contributed by atoms with Crippen molar-refractivity contribution in [3.8, 4) is 0 Å². The first-order valence-electron chi connectivity index (χ1n) is 10.7. The van der Waals surface area contributed by atoms with E-state index in [2.05, 4.69) is 48.8 Å². The smallest absolute Gasteiger partial charge is 0.215 e. The van der Waals surface area contributed by atoms with Crippen LogP contribution in [-0.4, -0.2) is 38.5 Å². The van der Waals surface area contributed by atoms with E-state index in [4.69, 9.17) is 0 Å². The number of nitrogens with zero attached hydrogens (tertiary/aromatic N) is 5. The molecule has 0 fully saturated rings. The van der Waals surface area contributed by atoms with Crippen molar-refractivity contribution in [3.63, 3.8) is 0 Å². The summed E-state index contributed by atoms with van der Waals surface area (Å²) in [5.41, 5.74) is 6.97. The SMILES string of the molecule is CCc1nc2c(C)cc(Br)cn2c1CC=O.CCc1nc2c(C)cc(Br)cn2c1N(C)C=O. The van der Waals surface area contributed by atoms with Crippen molar-refractivity contribution in [2.24, 2.45) is 0 Å². The Hall–Kier alpha value is -2.52. The summed E-state index contributed by atoms with van der Waals surface area (Å²) in [6.45, 7) is 8.13. The maximum absolute atomic E-state index is 11.0. The lowest BCUT2D eigenvalue weighted by molar-refractivity contribution is -0.108. The second-order valence-corrected chi connectivity index (χ2v) is 9.58. The number of aryl methyl sites for hydroxylation is 4. The molecule has 0 aliphatic rings. The van der Waals surface area contributed by atoms with Crippen molar-refractivity contribution in [2.45, 2.75) is 47.0 Å². The molecule has 0 atom stereocenters. The molecule has 4 heterocycles. The van der Waals surface area contributed by atoms with Crippen molar-refractivity contribution in [1.29, 1.82) is 0 Å². The number of halogens is 2. The lowest BCUT2D eigenvalue weighted by Crippen LogP contribution is -2.17. The van der Waals surface area contributed by atoms with Gasteiger partial charge in [0.25, 0.3) is 0 Å². The van der Waals surface area contributed by atoms with Gasteiger partial charge in [0.15, 0.2) is 0 Å². The van der Waals surface area contributed by atoms with E-state index >= 15 is 0 Å². The molecule has 0 bridgehead atoms. The van der Waals surface area contributed by atoms with Gasteiger partial charge in [0, 0.05) is 34.8 Å². The van der Waals surface area contributed by atoms with Gasteiger partial charge in [-0.25, -0.2) is 9.97 Å². The number of fused-ring (bicyclic) bond motifs is 2. The number of carbonyl (C=O) groups excluding carboxylic acids is 2. The molecule has 0 aliphatic heterocycles. The van der Waals surface area contributed by atoms with Gasteiger partial charge in [-0.05, 0) is 81.8 Å². The second-order valence-electron chi connectivity index (χ2n) is 7.75. The number of aromatic nitrogens is 4.